The Hall–Kier alpha value is -4.04. The van der Waals surface area contributed by atoms with E-state index in [2.05, 4.69) is 39.2 Å². The second kappa shape index (κ2) is 11.9. The summed E-state index contributed by atoms with van der Waals surface area (Å²) in [4.78, 5) is 45.4. The highest BCUT2D eigenvalue weighted by atomic mass is 35.5. The average molecular weight is 599 g/mol. The minimum absolute atomic E-state index is 0.0515. The molecule has 0 unspecified atom stereocenters. The van der Waals surface area contributed by atoms with E-state index in [0.29, 0.717) is 40.7 Å². The highest BCUT2D eigenvalue weighted by Crippen LogP contribution is 2.37. The molecule has 0 bridgehead atoms. The predicted octanol–water partition coefficient (Wildman–Crippen LogP) is 6.66. The number of amides is 1. The van der Waals surface area contributed by atoms with Crippen molar-refractivity contribution in [2.75, 3.05) is 18.0 Å². The number of hydrogen-bond acceptors (Lipinski definition) is 6. The van der Waals surface area contributed by atoms with Crippen molar-refractivity contribution in [3.63, 3.8) is 0 Å². The maximum Gasteiger partial charge on any atom is 0.355 e. The quantitative estimate of drug-likeness (QED) is 0.231. The number of nitrogens with zero attached hydrogens (tertiary/aromatic N) is 6. The number of anilines is 1. The average Bonchev–Trinajstić information content (AvgIpc) is 2.96. The molecule has 4 aromatic rings. The molecular weight excluding hydrogens is 560 g/mol. The second-order valence-corrected chi connectivity index (χ2v) is 12.5. The van der Waals surface area contributed by atoms with Crippen molar-refractivity contribution in [2.24, 2.45) is 0 Å². The van der Waals surface area contributed by atoms with Gasteiger partial charge in [-0.05, 0) is 61.9 Å². The molecule has 9 heteroatoms. The van der Waals surface area contributed by atoms with E-state index in [1.807, 2.05) is 62.1 Å². The Morgan fingerprint density at radius 2 is 1.72 bits per heavy atom. The maximum absolute atomic E-state index is 14.3. The molecule has 4 heterocycles. The second-order valence-electron chi connectivity index (χ2n) is 12.1. The highest BCUT2D eigenvalue weighted by molar-refractivity contribution is 6.34. The molecule has 0 radical (unpaired) electrons. The largest absolute Gasteiger partial charge is 0.355 e. The summed E-state index contributed by atoms with van der Waals surface area (Å²) in [5, 5.41) is 1.13. The summed E-state index contributed by atoms with van der Waals surface area (Å²) in [5.41, 5.74) is 5.06. The number of piperazine rings is 1. The first kappa shape index (κ1) is 30.4. The van der Waals surface area contributed by atoms with Crippen LogP contribution in [-0.2, 0) is 4.79 Å². The molecule has 224 valence electrons. The van der Waals surface area contributed by atoms with Crippen LogP contribution in [-0.4, -0.2) is 55.5 Å². The molecule has 5 rings (SSSR count). The number of halogens is 1. The number of pyridine rings is 2. The fraction of sp³-hybridized carbons (Fsp3) is 0.382. The fourth-order valence-electron chi connectivity index (χ4n) is 6.23. The van der Waals surface area contributed by atoms with Gasteiger partial charge in [-0.2, -0.15) is 4.98 Å². The lowest BCUT2D eigenvalue weighted by Crippen LogP contribution is -2.58. The lowest BCUT2D eigenvalue weighted by atomic mass is 9.97. The topological polar surface area (TPSA) is 84.2 Å². The van der Waals surface area contributed by atoms with Gasteiger partial charge in [-0.3, -0.25) is 9.78 Å². The van der Waals surface area contributed by atoms with Crippen LogP contribution in [0.2, 0.25) is 5.02 Å². The third kappa shape index (κ3) is 5.44. The van der Waals surface area contributed by atoms with Crippen LogP contribution in [0.25, 0.3) is 28.0 Å². The van der Waals surface area contributed by atoms with Gasteiger partial charge in [0.2, 0.25) is 5.91 Å². The summed E-state index contributed by atoms with van der Waals surface area (Å²) < 4.78 is 1.62. The number of rotatable bonds is 6. The molecule has 2 atom stereocenters. The molecule has 1 amide bonds. The lowest BCUT2D eigenvalue weighted by Gasteiger charge is -2.44. The summed E-state index contributed by atoms with van der Waals surface area (Å²) in [6.07, 6.45) is 3.15. The number of aryl methyl sites for hydroxylation is 1. The fourth-order valence-corrected chi connectivity index (χ4v) is 6.48. The minimum atomic E-state index is -0.435. The van der Waals surface area contributed by atoms with Crippen molar-refractivity contribution >= 4 is 34.4 Å². The first-order valence-electron chi connectivity index (χ1n) is 14.8. The van der Waals surface area contributed by atoms with Crippen LogP contribution in [0.15, 0.2) is 60.0 Å². The van der Waals surface area contributed by atoms with Gasteiger partial charge in [0.25, 0.3) is 0 Å². The predicted molar refractivity (Wildman–Crippen MR) is 174 cm³/mol. The van der Waals surface area contributed by atoms with Crippen molar-refractivity contribution in [1.29, 1.82) is 0 Å². The Morgan fingerprint density at radius 1 is 1.05 bits per heavy atom. The number of carbonyl (C=O) groups excluding carboxylic acids is 1. The maximum atomic E-state index is 14.3. The first-order valence-corrected chi connectivity index (χ1v) is 15.2. The number of fused-ring (bicyclic) bond motifs is 1. The zero-order chi connectivity index (χ0) is 31.2. The number of aromatic nitrogens is 4. The van der Waals surface area contributed by atoms with E-state index in [0.717, 1.165) is 28.1 Å². The summed E-state index contributed by atoms with van der Waals surface area (Å²) in [6, 6.07) is 11.5. The molecule has 1 saturated heterocycles. The normalized spacial score (nSPS) is 17.3. The van der Waals surface area contributed by atoms with Crippen molar-refractivity contribution in [3.05, 3.63) is 87.6 Å². The number of benzene rings is 1. The molecule has 1 aliphatic rings. The van der Waals surface area contributed by atoms with Gasteiger partial charge in [0.05, 0.1) is 27.5 Å². The van der Waals surface area contributed by atoms with E-state index in [4.69, 9.17) is 26.6 Å². The monoisotopic (exact) mass is 598 g/mol. The van der Waals surface area contributed by atoms with Crippen LogP contribution < -0.4 is 10.6 Å². The van der Waals surface area contributed by atoms with E-state index >= 15 is 0 Å². The van der Waals surface area contributed by atoms with E-state index in [1.165, 1.54) is 6.08 Å². The Labute approximate surface area is 258 Å². The first-order chi connectivity index (χ1) is 20.4. The molecule has 0 N–H and O–H groups in total. The zero-order valence-electron chi connectivity index (χ0n) is 25.9. The molecule has 1 aliphatic heterocycles. The van der Waals surface area contributed by atoms with Crippen LogP contribution in [0.4, 0.5) is 5.82 Å². The zero-order valence-corrected chi connectivity index (χ0v) is 26.7. The molecule has 1 fully saturated rings. The van der Waals surface area contributed by atoms with Gasteiger partial charge in [0.15, 0.2) is 5.65 Å². The minimum Gasteiger partial charge on any atom is -0.352 e. The molecule has 1 aromatic carbocycles. The number of carbonyl (C=O) groups is 1. The third-order valence-electron chi connectivity index (χ3n) is 8.23. The highest BCUT2D eigenvalue weighted by Gasteiger charge is 2.34. The van der Waals surface area contributed by atoms with Gasteiger partial charge in [0.1, 0.15) is 5.82 Å². The third-order valence-corrected chi connectivity index (χ3v) is 8.51. The van der Waals surface area contributed by atoms with E-state index in [9.17, 15) is 9.59 Å². The standard InChI is InChI=1S/C34H39ClN6O2/c1-9-28(42)40-22(7)17-39(18-23(40)8)32-26-16-27(35)30(25-13-11-10-12-21(25)6)37-33(26)41(34(43)38-32)31-24(19(2)3)14-15-36-29(31)20(4)5/h9-16,19-20,22-23H,1,17-18H2,2-8H3/t22-,23+. The summed E-state index contributed by atoms with van der Waals surface area (Å²) in [5.74, 6) is 0.569. The van der Waals surface area contributed by atoms with Crippen molar-refractivity contribution < 1.29 is 4.79 Å². The molecule has 0 spiro atoms. The Balaban J connectivity index is 1.85. The van der Waals surface area contributed by atoms with Gasteiger partial charge in [0, 0.05) is 36.9 Å². The molecule has 0 aliphatic carbocycles. The Kier molecular flexibility index (Phi) is 8.43. The van der Waals surface area contributed by atoms with Crippen LogP contribution in [0.1, 0.15) is 70.2 Å². The summed E-state index contributed by atoms with van der Waals surface area (Å²) in [7, 11) is 0. The molecular formula is C34H39ClN6O2. The Bertz CT molecular complexity index is 1740. The van der Waals surface area contributed by atoms with E-state index in [1.54, 1.807) is 10.8 Å². The summed E-state index contributed by atoms with van der Waals surface area (Å²) in [6.45, 7) is 19.0. The van der Waals surface area contributed by atoms with Crippen LogP contribution in [0, 0.1) is 6.92 Å². The van der Waals surface area contributed by atoms with Gasteiger partial charge in [-0.1, -0.05) is 70.1 Å². The van der Waals surface area contributed by atoms with Gasteiger partial charge >= 0.3 is 5.69 Å². The Morgan fingerprint density at radius 3 is 2.33 bits per heavy atom. The van der Waals surface area contributed by atoms with Gasteiger partial charge in [-0.15, -0.1) is 0 Å². The van der Waals surface area contributed by atoms with Gasteiger partial charge < -0.3 is 9.80 Å². The van der Waals surface area contributed by atoms with E-state index in [-0.39, 0.29) is 29.8 Å². The SMILES string of the molecule is C=CC(=O)N1[C@H](C)CN(c2nc(=O)n(-c3c(C(C)C)ccnc3C(C)C)c3nc(-c4ccccc4C)c(Cl)cc23)C[C@@H]1C. The van der Waals surface area contributed by atoms with E-state index < -0.39 is 5.69 Å². The van der Waals surface area contributed by atoms with Crippen LogP contribution >= 0.6 is 11.6 Å². The number of hydrogen-bond donors (Lipinski definition) is 0. The van der Waals surface area contributed by atoms with Crippen molar-refractivity contribution in [3.8, 4) is 16.9 Å². The summed E-state index contributed by atoms with van der Waals surface area (Å²) >= 11 is 6.99. The van der Waals surface area contributed by atoms with Crippen molar-refractivity contribution in [1.82, 2.24) is 24.4 Å². The van der Waals surface area contributed by atoms with Crippen LogP contribution in [0.3, 0.4) is 0 Å². The molecule has 0 saturated carbocycles. The lowest BCUT2D eigenvalue weighted by molar-refractivity contribution is -0.130. The van der Waals surface area contributed by atoms with Crippen molar-refractivity contribution in [2.45, 2.75) is 72.4 Å². The van der Waals surface area contributed by atoms with Gasteiger partial charge in [-0.25, -0.2) is 14.3 Å². The molecule has 43 heavy (non-hydrogen) atoms. The smallest absolute Gasteiger partial charge is 0.352 e. The van der Waals surface area contributed by atoms with Crippen LogP contribution in [0.5, 0.6) is 0 Å². The molecule has 3 aromatic heterocycles. The molecule has 8 nitrogen and oxygen atoms in total.